The Kier molecular flexibility index (Phi) is 6.09. The van der Waals surface area contributed by atoms with Crippen LogP contribution in [0.3, 0.4) is 0 Å². The van der Waals surface area contributed by atoms with Crippen molar-refractivity contribution in [2.45, 2.75) is 0 Å². The number of benzene rings is 7. The highest BCUT2D eigenvalue weighted by molar-refractivity contribution is 7.25. The van der Waals surface area contributed by atoms with Gasteiger partial charge in [0.25, 0.3) is 0 Å². The van der Waals surface area contributed by atoms with Gasteiger partial charge in [-0.1, -0.05) is 115 Å². The van der Waals surface area contributed by atoms with Gasteiger partial charge in [0.2, 0.25) is 5.95 Å². The van der Waals surface area contributed by atoms with Gasteiger partial charge in [0, 0.05) is 58.5 Å². The second kappa shape index (κ2) is 11.0. The molecule has 51 heavy (non-hydrogen) atoms. The third-order valence-corrected chi connectivity index (χ3v) is 11.3. The van der Waals surface area contributed by atoms with E-state index in [-0.39, 0.29) is 0 Å². The maximum Gasteiger partial charge on any atom is 0.235 e. The van der Waals surface area contributed by atoms with Crippen LogP contribution in [-0.2, 0) is 0 Å². The predicted molar refractivity (Wildman–Crippen MR) is 214 cm³/mol. The molecule has 238 valence electrons. The molecule has 0 N–H and O–H groups in total. The maximum atomic E-state index is 5.39. The van der Waals surface area contributed by atoms with Gasteiger partial charge >= 0.3 is 0 Å². The number of rotatable bonds is 4. The molecular formula is C46H28N4S. The van der Waals surface area contributed by atoms with Gasteiger partial charge in [-0.05, 0) is 54.6 Å². The minimum Gasteiger partial charge on any atom is -0.309 e. The Morgan fingerprint density at radius 1 is 0.353 bits per heavy atom. The van der Waals surface area contributed by atoms with Gasteiger partial charge in [-0.2, -0.15) is 0 Å². The van der Waals surface area contributed by atoms with Crippen molar-refractivity contribution in [3.05, 3.63) is 170 Å². The van der Waals surface area contributed by atoms with E-state index in [1.165, 1.54) is 47.2 Å². The Bertz CT molecular complexity index is 3130. The van der Waals surface area contributed by atoms with E-state index in [4.69, 9.17) is 9.97 Å². The highest BCUT2D eigenvalue weighted by atomic mass is 32.1. The van der Waals surface area contributed by atoms with Crippen LogP contribution in [0.25, 0.3) is 97.9 Å². The van der Waals surface area contributed by atoms with Crippen molar-refractivity contribution in [2.75, 3.05) is 0 Å². The molecule has 0 saturated carbocycles. The molecule has 5 heteroatoms. The van der Waals surface area contributed by atoms with Crippen molar-refractivity contribution in [1.82, 2.24) is 19.1 Å². The number of para-hydroxylation sites is 3. The molecule has 7 aromatic carbocycles. The topological polar surface area (TPSA) is 35.6 Å². The van der Waals surface area contributed by atoms with E-state index < -0.39 is 0 Å². The van der Waals surface area contributed by atoms with E-state index in [1.807, 2.05) is 17.4 Å². The van der Waals surface area contributed by atoms with Crippen molar-refractivity contribution in [1.29, 1.82) is 0 Å². The van der Waals surface area contributed by atoms with Crippen molar-refractivity contribution in [3.63, 3.8) is 0 Å². The van der Waals surface area contributed by atoms with Crippen LogP contribution >= 0.6 is 11.3 Å². The molecule has 0 radical (unpaired) electrons. The van der Waals surface area contributed by atoms with Gasteiger partial charge in [-0.3, -0.25) is 4.57 Å². The number of fused-ring (bicyclic) bond motifs is 9. The Morgan fingerprint density at radius 2 is 0.922 bits per heavy atom. The van der Waals surface area contributed by atoms with E-state index in [1.54, 1.807) is 0 Å². The van der Waals surface area contributed by atoms with Gasteiger partial charge in [0.15, 0.2) is 0 Å². The first-order valence-electron chi connectivity index (χ1n) is 17.2. The molecule has 0 aliphatic rings. The van der Waals surface area contributed by atoms with Crippen molar-refractivity contribution < 1.29 is 0 Å². The predicted octanol–water partition coefficient (Wildman–Crippen LogP) is 12.4. The lowest BCUT2D eigenvalue weighted by Crippen LogP contribution is -2.04. The fraction of sp³-hybridized carbons (Fsp3) is 0. The smallest absolute Gasteiger partial charge is 0.235 e. The molecule has 0 atom stereocenters. The number of nitrogens with zero attached hydrogens (tertiary/aromatic N) is 4. The minimum atomic E-state index is 0.649. The lowest BCUT2D eigenvalue weighted by molar-refractivity contribution is 0.996. The number of hydrogen-bond donors (Lipinski definition) is 0. The highest BCUT2D eigenvalue weighted by Crippen LogP contribution is 2.40. The van der Waals surface area contributed by atoms with E-state index in [0.717, 1.165) is 44.8 Å². The van der Waals surface area contributed by atoms with Gasteiger partial charge in [-0.25, -0.2) is 9.97 Å². The second-order valence-electron chi connectivity index (χ2n) is 13.0. The largest absolute Gasteiger partial charge is 0.309 e. The molecule has 0 amide bonds. The van der Waals surface area contributed by atoms with Crippen LogP contribution in [0.2, 0.25) is 0 Å². The van der Waals surface area contributed by atoms with Crippen molar-refractivity contribution >= 4 is 75.1 Å². The quantitative estimate of drug-likeness (QED) is 0.187. The first-order chi connectivity index (χ1) is 25.3. The normalized spacial score (nSPS) is 11.9. The average molecular weight is 669 g/mol. The zero-order chi connectivity index (χ0) is 33.5. The van der Waals surface area contributed by atoms with Crippen LogP contribution in [0.5, 0.6) is 0 Å². The Balaban J connectivity index is 1.22. The summed E-state index contributed by atoms with van der Waals surface area (Å²) in [7, 11) is 0. The molecule has 0 aliphatic carbocycles. The standard InChI is InChI=1S/C46H28N4S/c1-3-13-29(14-4-1)38-27-39(30-23-24-35-34-19-9-12-22-44(34)51-45(35)25-30)48-46(47-38)50-41-21-11-8-18-33(41)37-26-36-32-17-7-10-20-40(32)49(42(36)28-43(37)50)31-15-5-2-6-16-31/h1-28H. The lowest BCUT2D eigenvalue weighted by Gasteiger charge is -2.12. The molecule has 0 saturated heterocycles. The average Bonchev–Trinajstić information content (AvgIpc) is 3.84. The van der Waals surface area contributed by atoms with Gasteiger partial charge in [0.05, 0.1) is 33.5 Å². The minimum absolute atomic E-state index is 0.649. The Hall–Kier alpha value is -6.56. The zero-order valence-corrected chi connectivity index (χ0v) is 28.2. The lowest BCUT2D eigenvalue weighted by atomic mass is 10.1. The summed E-state index contributed by atoms with van der Waals surface area (Å²) in [5, 5.41) is 7.38. The molecule has 0 spiro atoms. The van der Waals surface area contributed by atoms with Crippen molar-refractivity contribution in [2.24, 2.45) is 0 Å². The number of aromatic nitrogens is 4. The highest BCUT2D eigenvalue weighted by Gasteiger charge is 2.21. The SMILES string of the molecule is c1ccc(-c2cc(-c3ccc4c(c3)sc3ccccc34)nc(-n3c4ccccc4c4cc5c6ccccc6n(-c6ccccc6)c5cc43)n2)cc1. The number of thiophene rings is 1. The summed E-state index contributed by atoms with van der Waals surface area (Å²) < 4.78 is 7.18. The summed E-state index contributed by atoms with van der Waals surface area (Å²) in [4.78, 5) is 10.7. The van der Waals surface area contributed by atoms with Gasteiger partial charge in [-0.15, -0.1) is 11.3 Å². The first kappa shape index (κ1) is 28.3. The molecule has 4 aromatic heterocycles. The van der Waals surface area contributed by atoms with Crippen LogP contribution in [0.4, 0.5) is 0 Å². The molecule has 4 nitrogen and oxygen atoms in total. The molecule has 0 aliphatic heterocycles. The van der Waals surface area contributed by atoms with Gasteiger partial charge in [0.1, 0.15) is 0 Å². The molecule has 11 rings (SSSR count). The molecular weight excluding hydrogens is 641 g/mol. The summed E-state index contributed by atoms with van der Waals surface area (Å²) in [6, 6.07) is 60.6. The first-order valence-corrected chi connectivity index (χ1v) is 18.0. The van der Waals surface area contributed by atoms with E-state index in [0.29, 0.717) is 5.95 Å². The van der Waals surface area contributed by atoms with Crippen LogP contribution in [0, 0.1) is 0 Å². The molecule has 0 bridgehead atoms. The Labute approximate surface area is 297 Å². The monoisotopic (exact) mass is 668 g/mol. The van der Waals surface area contributed by atoms with Crippen LogP contribution in [0.1, 0.15) is 0 Å². The zero-order valence-electron chi connectivity index (χ0n) is 27.4. The van der Waals surface area contributed by atoms with Gasteiger partial charge < -0.3 is 4.57 Å². The Morgan fingerprint density at radius 3 is 1.67 bits per heavy atom. The van der Waals surface area contributed by atoms with E-state index >= 15 is 0 Å². The van der Waals surface area contributed by atoms with E-state index in [9.17, 15) is 0 Å². The van der Waals surface area contributed by atoms with Crippen LogP contribution < -0.4 is 0 Å². The summed E-state index contributed by atoms with van der Waals surface area (Å²) in [5.74, 6) is 0.649. The summed E-state index contributed by atoms with van der Waals surface area (Å²) in [5.41, 5.74) is 9.51. The maximum absolute atomic E-state index is 5.39. The third-order valence-electron chi connectivity index (χ3n) is 10.1. The number of hydrogen-bond acceptors (Lipinski definition) is 3. The fourth-order valence-electron chi connectivity index (χ4n) is 7.83. The van der Waals surface area contributed by atoms with Crippen molar-refractivity contribution in [3.8, 4) is 34.2 Å². The molecule has 4 heterocycles. The molecule has 11 aromatic rings. The summed E-state index contributed by atoms with van der Waals surface area (Å²) in [6.45, 7) is 0. The molecule has 0 fully saturated rings. The van der Waals surface area contributed by atoms with Crippen LogP contribution in [0.15, 0.2) is 170 Å². The summed E-state index contributed by atoms with van der Waals surface area (Å²) in [6.07, 6.45) is 0. The second-order valence-corrected chi connectivity index (χ2v) is 14.1. The third kappa shape index (κ3) is 4.32. The fourth-order valence-corrected chi connectivity index (χ4v) is 8.97. The van der Waals surface area contributed by atoms with Crippen LogP contribution in [-0.4, -0.2) is 19.1 Å². The van der Waals surface area contributed by atoms with E-state index in [2.05, 4.69) is 173 Å². The summed E-state index contributed by atoms with van der Waals surface area (Å²) >= 11 is 1.83. The molecule has 0 unspecified atom stereocenters.